The predicted molar refractivity (Wildman–Crippen MR) is 74.2 cm³/mol. The molecular formula is C13H22N2S. The second-order valence-corrected chi connectivity index (χ2v) is 5.96. The quantitative estimate of drug-likeness (QED) is 0.747. The van der Waals surface area contributed by atoms with Crippen molar-refractivity contribution in [3.05, 3.63) is 24.3 Å². The molecule has 0 fully saturated rings. The molecule has 1 aromatic rings. The third kappa shape index (κ3) is 5.42. The lowest BCUT2D eigenvalue weighted by molar-refractivity contribution is 0.491. The minimum atomic E-state index is -0.0923. The van der Waals surface area contributed by atoms with Gasteiger partial charge >= 0.3 is 0 Å². The molecule has 0 aromatic heterocycles. The number of nitrogens with one attached hydrogen (secondary N) is 1. The largest absolute Gasteiger partial charge is 0.385 e. The molecule has 0 radical (unpaired) electrons. The summed E-state index contributed by atoms with van der Waals surface area (Å²) in [5.41, 5.74) is 7.00. The third-order valence-electron chi connectivity index (χ3n) is 2.26. The van der Waals surface area contributed by atoms with Gasteiger partial charge in [-0.25, -0.2) is 0 Å². The van der Waals surface area contributed by atoms with Gasteiger partial charge in [0.2, 0.25) is 0 Å². The summed E-state index contributed by atoms with van der Waals surface area (Å²) in [6.45, 7) is 7.19. The average Bonchev–Trinajstić information content (AvgIpc) is 2.19. The maximum atomic E-state index is 5.92. The highest BCUT2D eigenvalue weighted by atomic mass is 32.2. The number of anilines is 1. The van der Waals surface area contributed by atoms with Crippen molar-refractivity contribution in [3.8, 4) is 0 Å². The van der Waals surface area contributed by atoms with E-state index < -0.39 is 0 Å². The fourth-order valence-electron chi connectivity index (χ4n) is 1.36. The third-order valence-corrected chi connectivity index (χ3v) is 3.16. The SMILES string of the molecule is CCSc1ccc(NCCC(C)(C)N)cc1. The normalized spacial score (nSPS) is 11.5. The molecule has 0 aliphatic carbocycles. The Morgan fingerprint density at radius 1 is 1.25 bits per heavy atom. The van der Waals surface area contributed by atoms with Gasteiger partial charge in [-0.2, -0.15) is 0 Å². The van der Waals surface area contributed by atoms with Gasteiger partial charge in [-0.05, 0) is 50.3 Å². The summed E-state index contributed by atoms with van der Waals surface area (Å²) >= 11 is 1.86. The molecule has 0 atom stereocenters. The van der Waals surface area contributed by atoms with E-state index in [0.29, 0.717) is 0 Å². The fourth-order valence-corrected chi connectivity index (χ4v) is 2.03. The number of thioether (sulfide) groups is 1. The molecule has 0 saturated carbocycles. The zero-order valence-corrected chi connectivity index (χ0v) is 11.2. The van der Waals surface area contributed by atoms with E-state index in [0.717, 1.165) is 18.7 Å². The van der Waals surface area contributed by atoms with Crippen molar-refractivity contribution in [3.63, 3.8) is 0 Å². The Bertz CT molecular complexity index is 301. The van der Waals surface area contributed by atoms with E-state index in [-0.39, 0.29) is 5.54 Å². The van der Waals surface area contributed by atoms with Crippen LogP contribution in [0.15, 0.2) is 29.2 Å². The summed E-state index contributed by atoms with van der Waals surface area (Å²) < 4.78 is 0. The molecule has 3 N–H and O–H groups in total. The van der Waals surface area contributed by atoms with E-state index in [4.69, 9.17) is 5.73 Å². The molecule has 0 bridgehead atoms. The van der Waals surface area contributed by atoms with Gasteiger partial charge in [-0.1, -0.05) is 6.92 Å². The van der Waals surface area contributed by atoms with Gasteiger partial charge in [0, 0.05) is 22.7 Å². The Morgan fingerprint density at radius 2 is 1.88 bits per heavy atom. The predicted octanol–water partition coefficient (Wildman–Crippen LogP) is 3.34. The molecule has 0 unspecified atom stereocenters. The Balaban J connectivity index is 2.37. The van der Waals surface area contributed by atoms with Gasteiger partial charge < -0.3 is 11.1 Å². The molecule has 16 heavy (non-hydrogen) atoms. The zero-order valence-electron chi connectivity index (χ0n) is 10.4. The lowest BCUT2D eigenvalue weighted by atomic mass is 10.0. The number of nitrogens with two attached hydrogens (primary N) is 1. The van der Waals surface area contributed by atoms with E-state index in [2.05, 4.69) is 50.4 Å². The average molecular weight is 238 g/mol. The molecule has 0 aliphatic heterocycles. The highest BCUT2D eigenvalue weighted by Gasteiger charge is 2.09. The van der Waals surface area contributed by atoms with Crippen molar-refractivity contribution in [1.82, 2.24) is 0 Å². The molecule has 0 amide bonds. The number of hydrogen-bond acceptors (Lipinski definition) is 3. The van der Waals surface area contributed by atoms with Crippen LogP contribution in [-0.4, -0.2) is 17.8 Å². The first-order valence-corrected chi connectivity index (χ1v) is 6.75. The van der Waals surface area contributed by atoms with E-state index in [9.17, 15) is 0 Å². The van der Waals surface area contributed by atoms with Crippen LogP contribution in [0.4, 0.5) is 5.69 Å². The van der Waals surface area contributed by atoms with Gasteiger partial charge in [-0.15, -0.1) is 11.8 Å². The monoisotopic (exact) mass is 238 g/mol. The van der Waals surface area contributed by atoms with E-state index in [1.54, 1.807) is 0 Å². The molecule has 0 heterocycles. The highest BCUT2D eigenvalue weighted by molar-refractivity contribution is 7.99. The maximum Gasteiger partial charge on any atom is 0.0340 e. The van der Waals surface area contributed by atoms with Crippen molar-refractivity contribution in [2.75, 3.05) is 17.6 Å². The zero-order chi connectivity index (χ0) is 12.0. The Kier molecular flexibility index (Phi) is 5.16. The Hall–Kier alpha value is -0.670. The summed E-state index contributed by atoms with van der Waals surface area (Å²) in [4.78, 5) is 1.33. The maximum absolute atomic E-state index is 5.92. The van der Waals surface area contributed by atoms with Gasteiger partial charge in [0.1, 0.15) is 0 Å². The number of rotatable bonds is 6. The first kappa shape index (κ1) is 13.4. The van der Waals surface area contributed by atoms with Crippen LogP contribution in [0.5, 0.6) is 0 Å². The van der Waals surface area contributed by atoms with Crippen LogP contribution < -0.4 is 11.1 Å². The molecule has 0 spiro atoms. The Morgan fingerprint density at radius 3 is 2.38 bits per heavy atom. The topological polar surface area (TPSA) is 38.0 Å². The second kappa shape index (κ2) is 6.16. The highest BCUT2D eigenvalue weighted by Crippen LogP contribution is 2.19. The summed E-state index contributed by atoms with van der Waals surface area (Å²) in [7, 11) is 0. The van der Waals surface area contributed by atoms with Crippen molar-refractivity contribution in [1.29, 1.82) is 0 Å². The van der Waals surface area contributed by atoms with Crippen LogP contribution in [0.1, 0.15) is 27.2 Å². The van der Waals surface area contributed by atoms with Gasteiger partial charge in [0.25, 0.3) is 0 Å². The van der Waals surface area contributed by atoms with E-state index >= 15 is 0 Å². The minimum absolute atomic E-state index is 0.0923. The van der Waals surface area contributed by atoms with Crippen LogP contribution in [-0.2, 0) is 0 Å². The molecule has 90 valence electrons. The molecule has 0 aliphatic rings. The van der Waals surface area contributed by atoms with Crippen LogP contribution in [0.2, 0.25) is 0 Å². The van der Waals surface area contributed by atoms with Gasteiger partial charge in [0.05, 0.1) is 0 Å². The lowest BCUT2D eigenvalue weighted by Gasteiger charge is -2.18. The molecule has 2 nitrogen and oxygen atoms in total. The van der Waals surface area contributed by atoms with Crippen molar-refractivity contribution >= 4 is 17.4 Å². The lowest BCUT2D eigenvalue weighted by Crippen LogP contribution is -2.34. The standard InChI is InChI=1S/C13H22N2S/c1-4-16-12-7-5-11(6-8-12)15-10-9-13(2,3)14/h5-8,15H,4,9-10,14H2,1-3H3. The van der Waals surface area contributed by atoms with Crippen molar-refractivity contribution < 1.29 is 0 Å². The van der Waals surface area contributed by atoms with Gasteiger partial charge in [-0.3, -0.25) is 0 Å². The van der Waals surface area contributed by atoms with E-state index in [1.807, 2.05) is 11.8 Å². The Labute approximate surface area is 103 Å². The van der Waals surface area contributed by atoms with Crippen LogP contribution in [0.3, 0.4) is 0 Å². The van der Waals surface area contributed by atoms with Crippen LogP contribution in [0.25, 0.3) is 0 Å². The smallest absolute Gasteiger partial charge is 0.0340 e. The molecular weight excluding hydrogens is 216 g/mol. The first-order valence-electron chi connectivity index (χ1n) is 5.77. The molecule has 1 aromatic carbocycles. The van der Waals surface area contributed by atoms with Crippen LogP contribution in [0, 0.1) is 0 Å². The summed E-state index contributed by atoms with van der Waals surface area (Å²) in [5, 5.41) is 3.38. The summed E-state index contributed by atoms with van der Waals surface area (Å²) in [5.74, 6) is 1.12. The number of hydrogen-bond donors (Lipinski definition) is 2. The van der Waals surface area contributed by atoms with Gasteiger partial charge in [0.15, 0.2) is 0 Å². The minimum Gasteiger partial charge on any atom is -0.385 e. The van der Waals surface area contributed by atoms with E-state index in [1.165, 1.54) is 10.6 Å². The van der Waals surface area contributed by atoms with Crippen molar-refractivity contribution in [2.24, 2.45) is 5.73 Å². The molecule has 0 saturated heterocycles. The molecule has 1 rings (SSSR count). The summed E-state index contributed by atoms with van der Waals surface area (Å²) in [6, 6.07) is 8.57. The van der Waals surface area contributed by atoms with Crippen molar-refractivity contribution in [2.45, 2.75) is 37.6 Å². The fraction of sp³-hybridized carbons (Fsp3) is 0.538. The molecule has 3 heteroatoms. The number of benzene rings is 1. The van der Waals surface area contributed by atoms with Crippen LogP contribution >= 0.6 is 11.8 Å². The second-order valence-electron chi connectivity index (χ2n) is 4.62. The summed E-state index contributed by atoms with van der Waals surface area (Å²) in [6.07, 6.45) is 0.971. The first-order chi connectivity index (χ1) is 7.51.